The van der Waals surface area contributed by atoms with Crippen LogP contribution in [0.15, 0.2) is 42.6 Å². The molecule has 0 radical (unpaired) electrons. The van der Waals surface area contributed by atoms with Gasteiger partial charge in [-0.3, -0.25) is 0 Å². The molecule has 5 rings (SSSR count). The zero-order valence-electron chi connectivity index (χ0n) is 22.2. The van der Waals surface area contributed by atoms with Gasteiger partial charge in [-0.1, -0.05) is 77.5 Å². The molecule has 0 unspecified atom stereocenters. The van der Waals surface area contributed by atoms with E-state index in [2.05, 4.69) is 81.9 Å². The molecule has 34 heavy (non-hydrogen) atoms. The van der Waals surface area contributed by atoms with E-state index < -0.39 is 0 Å². The lowest BCUT2D eigenvalue weighted by Gasteiger charge is -2.28. The topological polar surface area (TPSA) is 3.88 Å². The minimum absolute atomic E-state index is 0.164. The summed E-state index contributed by atoms with van der Waals surface area (Å²) in [4.78, 5) is 0. The van der Waals surface area contributed by atoms with E-state index >= 15 is 0 Å². The van der Waals surface area contributed by atoms with Gasteiger partial charge in [0.25, 0.3) is 0 Å². The van der Waals surface area contributed by atoms with E-state index in [4.69, 9.17) is 0 Å². The summed E-state index contributed by atoms with van der Waals surface area (Å²) in [6.45, 7) is 9.34. The van der Waals surface area contributed by atoms with Crippen LogP contribution >= 0.6 is 0 Å². The Kier molecular flexibility index (Phi) is 6.58. The van der Waals surface area contributed by atoms with Gasteiger partial charge in [0.05, 0.1) is 10.9 Å². The van der Waals surface area contributed by atoms with Gasteiger partial charge in [0.15, 0.2) is 6.20 Å². The van der Waals surface area contributed by atoms with Crippen molar-refractivity contribution in [2.45, 2.75) is 109 Å². The van der Waals surface area contributed by atoms with Crippen molar-refractivity contribution < 1.29 is 4.57 Å². The smallest absolute Gasteiger partial charge is 0.200 e. The van der Waals surface area contributed by atoms with Crippen LogP contribution in [0.1, 0.15) is 119 Å². The van der Waals surface area contributed by atoms with Crippen LogP contribution in [0.5, 0.6) is 0 Å². The molecular formula is C33H44N+. The number of benzene rings is 2. The molecule has 2 fully saturated rings. The number of pyridine rings is 1. The van der Waals surface area contributed by atoms with Crippen LogP contribution in [0, 0.1) is 6.92 Å². The fourth-order valence-corrected chi connectivity index (χ4v) is 6.69. The molecule has 0 amide bonds. The molecule has 0 N–H and O–H groups in total. The van der Waals surface area contributed by atoms with Crippen LogP contribution in [-0.4, -0.2) is 0 Å². The molecular weight excluding hydrogens is 410 g/mol. The van der Waals surface area contributed by atoms with Gasteiger partial charge in [0.2, 0.25) is 5.69 Å². The summed E-state index contributed by atoms with van der Waals surface area (Å²) in [6.07, 6.45) is 16.1. The minimum atomic E-state index is 0.164. The third kappa shape index (κ3) is 4.56. The zero-order valence-corrected chi connectivity index (χ0v) is 22.2. The summed E-state index contributed by atoms with van der Waals surface area (Å²) in [6, 6.07) is 14.7. The number of hydrogen-bond acceptors (Lipinski definition) is 0. The molecule has 0 saturated heterocycles. The monoisotopic (exact) mass is 454 g/mol. The first kappa shape index (κ1) is 23.6. The number of fused-ring (bicyclic) bond motifs is 1. The van der Waals surface area contributed by atoms with E-state index in [1.807, 2.05) is 0 Å². The van der Waals surface area contributed by atoms with Crippen LogP contribution in [0.2, 0.25) is 0 Å². The predicted octanol–water partition coefficient (Wildman–Crippen LogP) is 9.03. The molecule has 0 aliphatic heterocycles. The predicted molar refractivity (Wildman–Crippen MR) is 146 cm³/mol. The van der Waals surface area contributed by atoms with E-state index in [1.165, 1.54) is 97.4 Å². The number of aryl methyl sites for hydroxylation is 1. The fraction of sp³-hybridized carbons (Fsp3) is 0.545. The highest BCUT2D eigenvalue weighted by Crippen LogP contribution is 2.42. The Balaban J connectivity index is 1.71. The van der Waals surface area contributed by atoms with Gasteiger partial charge in [0.1, 0.15) is 7.05 Å². The van der Waals surface area contributed by atoms with Gasteiger partial charge in [-0.25, -0.2) is 4.57 Å². The average Bonchev–Trinajstić information content (AvgIpc) is 2.85. The van der Waals surface area contributed by atoms with Crippen molar-refractivity contribution in [1.29, 1.82) is 0 Å². The largest absolute Gasteiger partial charge is 0.220 e. The van der Waals surface area contributed by atoms with Gasteiger partial charge in [-0.05, 0) is 89.6 Å². The Morgan fingerprint density at radius 1 is 0.765 bits per heavy atom. The summed E-state index contributed by atoms with van der Waals surface area (Å²) >= 11 is 0. The Morgan fingerprint density at radius 3 is 2.06 bits per heavy atom. The van der Waals surface area contributed by atoms with E-state index in [-0.39, 0.29) is 5.41 Å². The number of hydrogen-bond donors (Lipinski definition) is 0. The lowest BCUT2D eigenvalue weighted by Crippen LogP contribution is -2.31. The second-order valence-electron chi connectivity index (χ2n) is 12.3. The Morgan fingerprint density at radius 2 is 1.41 bits per heavy atom. The molecule has 1 nitrogen and oxygen atoms in total. The normalized spacial score (nSPS) is 18.5. The summed E-state index contributed by atoms with van der Waals surface area (Å²) in [5.74, 6) is 1.48. The van der Waals surface area contributed by atoms with Crippen molar-refractivity contribution in [1.82, 2.24) is 0 Å². The average molecular weight is 455 g/mol. The van der Waals surface area contributed by atoms with Crippen molar-refractivity contribution in [3.8, 4) is 11.3 Å². The lowest BCUT2D eigenvalue weighted by atomic mass is 9.76. The van der Waals surface area contributed by atoms with Crippen molar-refractivity contribution in [3.05, 3.63) is 64.8 Å². The van der Waals surface area contributed by atoms with Gasteiger partial charge >= 0.3 is 0 Å². The van der Waals surface area contributed by atoms with Crippen LogP contribution in [-0.2, 0) is 12.5 Å². The molecule has 2 aliphatic rings. The molecule has 2 aliphatic carbocycles. The second kappa shape index (κ2) is 9.48. The van der Waals surface area contributed by atoms with E-state index in [1.54, 1.807) is 11.1 Å². The number of rotatable bonds is 3. The third-order valence-electron chi connectivity index (χ3n) is 8.85. The molecule has 2 aromatic carbocycles. The van der Waals surface area contributed by atoms with Crippen molar-refractivity contribution >= 4 is 10.8 Å². The number of aromatic nitrogens is 1. The summed E-state index contributed by atoms with van der Waals surface area (Å²) < 4.78 is 2.37. The van der Waals surface area contributed by atoms with Crippen molar-refractivity contribution in [2.75, 3.05) is 0 Å². The number of nitrogens with zero attached hydrogens (tertiary/aromatic N) is 1. The first-order valence-electron chi connectivity index (χ1n) is 13.9. The summed E-state index contributed by atoms with van der Waals surface area (Å²) in [5, 5.41) is 2.75. The molecule has 0 bridgehead atoms. The molecule has 1 aromatic heterocycles. The first-order valence-corrected chi connectivity index (χ1v) is 13.9. The molecule has 0 atom stereocenters. The van der Waals surface area contributed by atoms with Crippen LogP contribution in [0.25, 0.3) is 22.0 Å². The van der Waals surface area contributed by atoms with Gasteiger partial charge in [-0.15, -0.1) is 0 Å². The highest BCUT2D eigenvalue weighted by atomic mass is 14.9. The lowest BCUT2D eigenvalue weighted by molar-refractivity contribution is -0.659. The maximum Gasteiger partial charge on any atom is 0.220 e. The molecule has 3 aromatic rings. The van der Waals surface area contributed by atoms with E-state index in [0.29, 0.717) is 0 Å². The van der Waals surface area contributed by atoms with Crippen LogP contribution in [0.3, 0.4) is 0 Å². The fourth-order valence-electron chi connectivity index (χ4n) is 6.69. The van der Waals surface area contributed by atoms with E-state index in [9.17, 15) is 0 Å². The highest BCUT2D eigenvalue weighted by molar-refractivity contribution is 5.94. The van der Waals surface area contributed by atoms with E-state index in [0.717, 1.165) is 11.8 Å². The minimum Gasteiger partial charge on any atom is -0.200 e. The molecule has 2 saturated carbocycles. The maximum atomic E-state index is 2.65. The Labute approximate surface area is 207 Å². The SMILES string of the molecule is Cc1c(-c2c3ccc(C(C)(C)C)cc3cc[n+]2C)cc(C2CCCCC2)cc1C1CCCCC1. The molecule has 180 valence electrons. The third-order valence-corrected chi connectivity index (χ3v) is 8.85. The van der Waals surface area contributed by atoms with Gasteiger partial charge in [0, 0.05) is 6.07 Å². The molecule has 1 heterocycles. The summed E-state index contributed by atoms with van der Waals surface area (Å²) in [7, 11) is 2.24. The van der Waals surface area contributed by atoms with Crippen molar-refractivity contribution in [3.63, 3.8) is 0 Å². The highest BCUT2D eigenvalue weighted by Gasteiger charge is 2.27. The molecule has 0 spiro atoms. The van der Waals surface area contributed by atoms with Crippen LogP contribution < -0.4 is 4.57 Å². The quantitative estimate of drug-likeness (QED) is 0.348. The second-order valence-corrected chi connectivity index (χ2v) is 12.3. The van der Waals surface area contributed by atoms with Crippen LogP contribution in [0.4, 0.5) is 0 Å². The Hall–Kier alpha value is -2.15. The molecule has 1 heteroatoms. The first-order chi connectivity index (χ1) is 16.3. The standard InChI is InChI=1S/C33H44N/c1-23-30(25-14-10-7-11-15-25)21-27(24-12-8-6-9-13-24)22-31(23)32-29-17-16-28(33(2,3)4)20-26(29)18-19-34(32)5/h16-22,24-25H,6-15H2,1-5H3/q+1. The van der Waals surface area contributed by atoms with Crippen molar-refractivity contribution in [2.24, 2.45) is 7.05 Å². The van der Waals surface area contributed by atoms with Gasteiger partial charge in [-0.2, -0.15) is 0 Å². The van der Waals surface area contributed by atoms with Gasteiger partial charge < -0.3 is 0 Å². The Bertz CT molecular complexity index is 1170. The summed E-state index contributed by atoms with van der Waals surface area (Å²) in [5.41, 5.74) is 9.23. The zero-order chi connectivity index (χ0) is 23.9. The maximum absolute atomic E-state index is 2.65.